The van der Waals surface area contributed by atoms with Crippen LogP contribution in [0.15, 0.2) is 0 Å². The van der Waals surface area contributed by atoms with E-state index in [1.165, 1.54) is 0 Å². The molecule has 0 aromatic carbocycles. The average molecular weight is 300 g/mol. The zero-order chi connectivity index (χ0) is 14.6. The van der Waals surface area contributed by atoms with Crippen LogP contribution in [0, 0.1) is 5.92 Å². The smallest absolute Gasteiger partial charge is 0.329 e. The molecule has 1 aliphatic carbocycles. The third-order valence-electron chi connectivity index (χ3n) is 4.59. The Morgan fingerprint density at radius 1 is 1.30 bits per heavy atom. The molecule has 114 valence electrons. The van der Waals surface area contributed by atoms with Gasteiger partial charge in [-0.2, -0.15) is 11.8 Å². The van der Waals surface area contributed by atoms with Crippen LogP contribution in [0.25, 0.3) is 0 Å². The summed E-state index contributed by atoms with van der Waals surface area (Å²) in [5.74, 6) is 1.59. The van der Waals surface area contributed by atoms with Gasteiger partial charge in [-0.3, -0.25) is 0 Å². The van der Waals surface area contributed by atoms with Crippen LogP contribution in [0.3, 0.4) is 0 Å². The van der Waals surface area contributed by atoms with Gasteiger partial charge in [-0.25, -0.2) is 9.59 Å². The maximum atomic E-state index is 12.3. The summed E-state index contributed by atoms with van der Waals surface area (Å²) in [4.78, 5) is 25.7. The quantitative estimate of drug-likeness (QED) is 0.838. The minimum absolute atomic E-state index is 0.206. The molecular formula is C14H24N2O3S. The van der Waals surface area contributed by atoms with E-state index < -0.39 is 11.5 Å². The Hall–Kier alpha value is -0.910. The number of carboxylic acids is 1. The van der Waals surface area contributed by atoms with Crippen molar-refractivity contribution in [3.63, 3.8) is 0 Å². The van der Waals surface area contributed by atoms with Gasteiger partial charge in [0.15, 0.2) is 0 Å². The molecule has 2 N–H and O–H groups in total. The number of urea groups is 1. The van der Waals surface area contributed by atoms with Gasteiger partial charge in [0.25, 0.3) is 0 Å². The molecule has 5 nitrogen and oxygen atoms in total. The van der Waals surface area contributed by atoms with Crippen LogP contribution in [0.4, 0.5) is 4.79 Å². The van der Waals surface area contributed by atoms with Crippen LogP contribution in [-0.4, -0.2) is 52.1 Å². The van der Waals surface area contributed by atoms with Crippen LogP contribution in [0.5, 0.6) is 0 Å². The highest BCUT2D eigenvalue weighted by Gasteiger charge is 2.43. The monoisotopic (exact) mass is 300 g/mol. The van der Waals surface area contributed by atoms with Gasteiger partial charge in [0, 0.05) is 24.6 Å². The van der Waals surface area contributed by atoms with E-state index >= 15 is 0 Å². The summed E-state index contributed by atoms with van der Waals surface area (Å²) in [6.07, 6.45) is 3.97. The molecule has 2 amide bonds. The predicted molar refractivity (Wildman–Crippen MR) is 80.0 cm³/mol. The Balaban J connectivity index is 1.98. The normalized spacial score (nSPS) is 30.9. The first-order chi connectivity index (χ1) is 9.57. The van der Waals surface area contributed by atoms with Crippen molar-refractivity contribution in [3.05, 3.63) is 0 Å². The molecule has 2 aliphatic rings. The highest BCUT2D eigenvalue weighted by atomic mass is 32.2. The number of carbonyl (C=O) groups excluding carboxylic acids is 1. The number of thioether (sulfide) groups is 1. The lowest BCUT2D eigenvalue weighted by atomic mass is 9.75. The van der Waals surface area contributed by atoms with Crippen LogP contribution < -0.4 is 5.32 Å². The number of carbonyl (C=O) groups is 2. The second-order valence-electron chi connectivity index (χ2n) is 5.77. The summed E-state index contributed by atoms with van der Waals surface area (Å²) in [5, 5.41) is 12.4. The fraction of sp³-hybridized carbons (Fsp3) is 0.857. The van der Waals surface area contributed by atoms with Crippen molar-refractivity contribution in [3.8, 4) is 0 Å². The second kappa shape index (κ2) is 6.70. The Kier molecular flexibility index (Phi) is 5.18. The summed E-state index contributed by atoms with van der Waals surface area (Å²) in [5.41, 5.74) is -1.05. The van der Waals surface area contributed by atoms with E-state index in [-0.39, 0.29) is 6.03 Å². The molecule has 1 heterocycles. The van der Waals surface area contributed by atoms with Gasteiger partial charge in [0.2, 0.25) is 0 Å². The SMILES string of the molecule is CCC1CCC(NC(=O)N2CCSCC2)(C(=O)O)CC1. The lowest BCUT2D eigenvalue weighted by Gasteiger charge is -2.39. The Bertz CT molecular complexity index is 361. The summed E-state index contributed by atoms with van der Waals surface area (Å²) in [6.45, 7) is 3.57. The molecular weight excluding hydrogens is 276 g/mol. The topological polar surface area (TPSA) is 69.6 Å². The number of hydrogen-bond donors (Lipinski definition) is 2. The van der Waals surface area contributed by atoms with E-state index in [1.54, 1.807) is 4.90 Å². The maximum absolute atomic E-state index is 12.3. The molecule has 2 rings (SSSR count). The Morgan fingerprint density at radius 2 is 1.90 bits per heavy atom. The first-order valence-corrected chi connectivity index (χ1v) is 8.61. The van der Waals surface area contributed by atoms with Crippen molar-refractivity contribution >= 4 is 23.8 Å². The number of amides is 2. The molecule has 0 unspecified atom stereocenters. The van der Waals surface area contributed by atoms with Gasteiger partial charge in [-0.1, -0.05) is 13.3 Å². The van der Waals surface area contributed by atoms with Gasteiger partial charge >= 0.3 is 12.0 Å². The minimum Gasteiger partial charge on any atom is -0.480 e. The van der Waals surface area contributed by atoms with Crippen LogP contribution in [0.1, 0.15) is 39.0 Å². The van der Waals surface area contributed by atoms with Crippen LogP contribution in [-0.2, 0) is 4.79 Å². The van der Waals surface area contributed by atoms with Crippen molar-refractivity contribution in [1.82, 2.24) is 10.2 Å². The largest absolute Gasteiger partial charge is 0.480 e. The van der Waals surface area contributed by atoms with E-state index in [0.717, 1.165) is 30.8 Å². The molecule has 0 atom stereocenters. The number of nitrogens with one attached hydrogen (secondary N) is 1. The minimum atomic E-state index is -1.05. The highest BCUT2D eigenvalue weighted by molar-refractivity contribution is 7.99. The van der Waals surface area contributed by atoms with Crippen molar-refractivity contribution in [2.75, 3.05) is 24.6 Å². The zero-order valence-electron chi connectivity index (χ0n) is 12.1. The third kappa shape index (κ3) is 3.40. The maximum Gasteiger partial charge on any atom is 0.329 e. The first kappa shape index (κ1) is 15.5. The van der Waals surface area contributed by atoms with Crippen LogP contribution in [0.2, 0.25) is 0 Å². The zero-order valence-corrected chi connectivity index (χ0v) is 12.9. The Morgan fingerprint density at radius 3 is 2.40 bits per heavy atom. The van der Waals surface area contributed by atoms with Gasteiger partial charge in [-0.05, 0) is 31.6 Å². The molecule has 1 saturated carbocycles. The summed E-state index contributed by atoms with van der Waals surface area (Å²) in [7, 11) is 0. The van der Waals surface area contributed by atoms with Crippen LogP contribution >= 0.6 is 11.8 Å². The first-order valence-electron chi connectivity index (χ1n) is 7.45. The molecule has 1 saturated heterocycles. The highest BCUT2D eigenvalue weighted by Crippen LogP contribution is 2.34. The molecule has 0 spiro atoms. The number of carboxylic acid groups (broad SMARTS) is 1. The molecule has 20 heavy (non-hydrogen) atoms. The Labute approximate surface area is 124 Å². The predicted octanol–water partition coefficient (Wildman–Crippen LogP) is 2.17. The van der Waals surface area contributed by atoms with E-state index in [1.807, 2.05) is 11.8 Å². The van der Waals surface area contributed by atoms with E-state index in [9.17, 15) is 14.7 Å². The van der Waals surface area contributed by atoms with Gasteiger partial charge in [0.05, 0.1) is 0 Å². The molecule has 0 bridgehead atoms. The van der Waals surface area contributed by atoms with Gasteiger partial charge < -0.3 is 15.3 Å². The van der Waals surface area contributed by atoms with Crippen molar-refractivity contribution in [1.29, 1.82) is 0 Å². The van der Waals surface area contributed by atoms with Crippen molar-refractivity contribution in [2.24, 2.45) is 5.92 Å². The fourth-order valence-corrected chi connectivity index (χ4v) is 3.92. The van der Waals surface area contributed by atoms with Crippen molar-refractivity contribution < 1.29 is 14.7 Å². The van der Waals surface area contributed by atoms with Gasteiger partial charge in [0.1, 0.15) is 5.54 Å². The molecule has 6 heteroatoms. The third-order valence-corrected chi connectivity index (χ3v) is 5.53. The molecule has 0 aromatic rings. The van der Waals surface area contributed by atoms with E-state index in [4.69, 9.17) is 0 Å². The molecule has 0 radical (unpaired) electrons. The average Bonchev–Trinajstić information content (AvgIpc) is 2.48. The lowest BCUT2D eigenvalue weighted by molar-refractivity contribution is -0.146. The number of rotatable bonds is 3. The standard InChI is InChI=1S/C14H24N2O3S/c1-2-11-3-5-14(6-4-11,12(17)18)15-13(19)16-7-9-20-10-8-16/h11H,2-10H2,1H3,(H,15,19)(H,17,18). The summed E-state index contributed by atoms with van der Waals surface area (Å²) >= 11 is 1.83. The number of nitrogens with zero attached hydrogens (tertiary/aromatic N) is 1. The summed E-state index contributed by atoms with van der Waals surface area (Å²) < 4.78 is 0. The lowest BCUT2D eigenvalue weighted by Crippen LogP contribution is -2.60. The van der Waals surface area contributed by atoms with E-state index in [0.29, 0.717) is 31.8 Å². The molecule has 2 fully saturated rings. The van der Waals surface area contributed by atoms with Crippen molar-refractivity contribution in [2.45, 2.75) is 44.6 Å². The van der Waals surface area contributed by atoms with Gasteiger partial charge in [-0.15, -0.1) is 0 Å². The number of hydrogen-bond acceptors (Lipinski definition) is 3. The second-order valence-corrected chi connectivity index (χ2v) is 6.99. The van der Waals surface area contributed by atoms with E-state index in [2.05, 4.69) is 12.2 Å². The molecule has 1 aliphatic heterocycles. The number of aliphatic carboxylic acids is 1. The summed E-state index contributed by atoms with van der Waals surface area (Å²) in [6, 6.07) is -0.206. The fourth-order valence-electron chi connectivity index (χ4n) is 3.02. The molecule has 0 aromatic heterocycles.